The van der Waals surface area contributed by atoms with Crippen LogP contribution in [-0.2, 0) is 19.4 Å². The minimum absolute atomic E-state index is 0.0527. The van der Waals surface area contributed by atoms with Crippen molar-refractivity contribution in [1.29, 1.82) is 5.26 Å². The summed E-state index contributed by atoms with van der Waals surface area (Å²) in [6, 6.07) is 6.67. The average molecular weight is 616 g/mol. The predicted octanol–water partition coefficient (Wildman–Crippen LogP) is 3.71. The molecule has 0 aliphatic carbocycles. The van der Waals surface area contributed by atoms with Crippen molar-refractivity contribution in [2.75, 3.05) is 42.0 Å². The van der Waals surface area contributed by atoms with Gasteiger partial charge in [-0.15, -0.1) is 0 Å². The van der Waals surface area contributed by atoms with E-state index in [1.807, 2.05) is 39.1 Å². The van der Waals surface area contributed by atoms with Gasteiger partial charge in [0.05, 0.1) is 52.3 Å². The van der Waals surface area contributed by atoms with Gasteiger partial charge in [-0.1, -0.05) is 6.07 Å². The van der Waals surface area contributed by atoms with E-state index < -0.39 is 12.1 Å². The van der Waals surface area contributed by atoms with E-state index in [0.29, 0.717) is 60.1 Å². The number of hydrogen-bond acceptors (Lipinski definition) is 11. The van der Waals surface area contributed by atoms with Gasteiger partial charge in [0, 0.05) is 64.8 Å². The maximum absolute atomic E-state index is 11.8. The first-order chi connectivity index (χ1) is 21.7. The second-order valence-corrected chi connectivity index (χ2v) is 12.0. The summed E-state index contributed by atoms with van der Waals surface area (Å²) in [5, 5.41) is 38.0. The van der Waals surface area contributed by atoms with Gasteiger partial charge in [-0.25, -0.2) is 0 Å². The Bertz CT molecular complexity index is 1660. The van der Waals surface area contributed by atoms with Crippen LogP contribution in [0.4, 0.5) is 0 Å². The van der Waals surface area contributed by atoms with Crippen LogP contribution in [0.25, 0.3) is 0 Å². The molecule has 5 atom stereocenters. The van der Waals surface area contributed by atoms with Gasteiger partial charge in [0.2, 0.25) is 0 Å². The number of ether oxygens (including phenoxy) is 4. The van der Waals surface area contributed by atoms with Crippen molar-refractivity contribution < 1.29 is 29.2 Å². The number of aromatic nitrogens is 1. The molecule has 238 valence electrons. The number of benzene rings is 2. The van der Waals surface area contributed by atoms with E-state index in [2.05, 4.69) is 26.2 Å². The van der Waals surface area contributed by atoms with Crippen molar-refractivity contribution in [1.82, 2.24) is 20.1 Å². The minimum atomic E-state index is -0.536. The average Bonchev–Trinajstić information content (AvgIpc) is 3.03. The summed E-state index contributed by atoms with van der Waals surface area (Å²) in [6.45, 7) is 4.68. The van der Waals surface area contributed by atoms with Crippen molar-refractivity contribution in [3.8, 4) is 40.6 Å². The lowest BCUT2D eigenvalue weighted by Crippen LogP contribution is -2.68. The Morgan fingerprint density at radius 2 is 1.47 bits per heavy atom. The summed E-state index contributed by atoms with van der Waals surface area (Å²) < 4.78 is 23.3. The minimum Gasteiger partial charge on any atom is -0.504 e. The van der Waals surface area contributed by atoms with Crippen LogP contribution in [0.2, 0.25) is 0 Å². The second-order valence-electron chi connectivity index (χ2n) is 12.0. The molecule has 0 saturated carbocycles. The van der Waals surface area contributed by atoms with Crippen LogP contribution in [0.3, 0.4) is 0 Å². The predicted molar refractivity (Wildman–Crippen MR) is 167 cm³/mol. The summed E-state index contributed by atoms with van der Waals surface area (Å²) in [5.74, 6) is 2.20. The highest BCUT2D eigenvalue weighted by molar-refractivity contribution is 5.67. The number of phenolic OH excluding ortho intramolecular Hbond substituents is 2. The summed E-state index contributed by atoms with van der Waals surface area (Å²) in [6.07, 6.45) is 2.72. The Hall–Kier alpha value is -4.24. The zero-order valence-electron chi connectivity index (χ0n) is 26.8. The maximum Gasteiger partial charge on any atom is 0.167 e. The summed E-state index contributed by atoms with van der Waals surface area (Å²) in [5.41, 5.74) is 5.51. The highest BCUT2D eigenvalue weighted by Gasteiger charge is 2.57. The summed E-state index contributed by atoms with van der Waals surface area (Å²) >= 11 is 0. The maximum atomic E-state index is 11.8. The van der Waals surface area contributed by atoms with Crippen LogP contribution in [-0.4, -0.2) is 85.2 Å². The Balaban J connectivity index is 1.57. The fourth-order valence-corrected chi connectivity index (χ4v) is 8.25. The number of fused-ring (bicyclic) bond motifs is 7. The molecule has 2 bridgehead atoms. The molecular formula is C34H41N5O6. The number of nitrogens with one attached hydrogen (secondary N) is 1. The molecule has 1 saturated heterocycles. The van der Waals surface area contributed by atoms with E-state index in [1.54, 1.807) is 27.5 Å². The molecule has 1 aromatic heterocycles. The monoisotopic (exact) mass is 615 g/mol. The van der Waals surface area contributed by atoms with Crippen LogP contribution in [0.5, 0.6) is 34.5 Å². The van der Waals surface area contributed by atoms with Crippen molar-refractivity contribution in [2.24, 2.45) is 0 Å². The van der Waals surface area contributed by atoms with Crippen molar-refractivity contribution >= 4 is 0 Å². The highest BCUT2D eigenvalue weighted by atomic mass is 16.5. The number of aromatic hydroxyl groups is 2. The zero-order chi connectivity index (χ0) is 32.2. The van der Waals surface area contributed by atoms with Crippen LogP contribution >= 0.6 is 0 Å². The molecule has 6 rings (SSSR count). The highest BCUT2D eigenvalue weighted by Crippen LogP contribution is 2.58. The molecule has 3 N–H and O–H groups in total. The van der Waals surface area contributed by atoms with E-state index in [1.165, 1.54) is 7.11 Å². The van der Waals surface area contributed by atoms with Crippen LogP contribution < -0.4 is 24.3 Å². The van der Waals surface area contributed by atoms with E-state index in [9.17, 15) is 15.5 Å². The van der Waals surface area contributed by atoms with E-state index in [0.717, 1.165) is 27.9 Å². The molecule has 0 amide bonds. The van der Waals surface area contributed by atoms with Crippen LogP contribution in [0.15, 0.2) is 24.4 Å². The number of likely N-dealkylation sites (N-methyl/N-ethyl adjacent to an activating group) is 1. The molecule has 3 aromatic rings. The number of nitrogens with zero attached hydrogens (tertiary/aromatic N) is 4. The third-order valence-corrected chi connectivity index (χ3v) is 10.0. The van der Waals surface area contributed by atoms with E-state index in [-0.39, 0.29) is 29.6 Å². The largest absolute Gasteiger partial charge is 0.504 e. The Kier molecular flexibility index (Phi) is 8.16. The Morgan fingerprint density at radius 1 is 0.889 bits per heavy atom. The Labute approximate surface area is 263 Å². The third-order valence-electron chi connectivity index (χ3n) is 10.0. The molecule has 1 fully saturated rings. The molecule has 0 radical (unpaired) electrons. The van der Waals surface area contributed by atoms with Gasteiger partial charge in [-0.05, 0) is 45.9 Å². The van der Waals surface area contributed by atoms with Gasteiger partial charge in [0.25, 0.3) is 0 Å². The molecule has 4 heterocycles. The summed E-state index contributed by atoms with van der Waals surface area (Å²) in [7, 11) is 8.36. The molecule has 45 heavy (non-hydrogen) atoms. The first kappa shape index (κ1) is 30.8. The SMILES string of the molecule is COc1c(C)c(OC)c2c(c1O)[C@@H]1[C@@H]3Cc4c(OC)c(C)c(OC)c(O)c4[C@H](CNCc4ccccn4)N3C(C#N)[C@H](C2)N1C. The molecule has 2 aromatic carbocycles. The molecule has 11 heteroatoms. The number of piperazine rings is 1. The number of methoxy groups -OCH3 is 4. The van der Waals surface area contributed by atoms with Gasteiger partial charge >= 0.3 is 0 Å². The number of phenols is 2. The van der Waals surface area contributed by atoms with Gasteiger partial charge in [-0.3, -0.25) is 14.8 Å². The van der Waals surface area contributed by atoms with E-state index >= 15 is 0 Å². The normalized spacial score (nSPS) is 23.7. The molecule has 11 nitrogen and oxygen atoms in total. The van der Waals surface area contributed by atoms with Crippen molar-refractivity contribution in [3.05, 3.63) is 63.5 Å². The van der Waals surface area contributed by atoms with Gasteiger partial charge < -0.3 is 34.5 Å². The smallest absolute Gasteiger partial charge is 0.167 e. The Morgan fingerprint density at radius 3 is 2.02 bits per heavy atom. The molecular weight excluding hydrogens is 574 g/mol. The molecule has 3 aliphatic heterocycles. The fourth-order valence-electron chi connectivity index (χ4n) is 8.25. The van der Waals surface area contributed by atoms with Crippen molar-refractivity contribution in [3.63, 3.8) is 0 Å². The van der Waals surface area contributed by atoms with Gasteiger partial charge in [0.1, 0.15) is 17.5 Å². The molecule has 1 unspecified atom stereocenters. The molecule has 0 spiro atoms. The van der Waals surface area contributed by atoms with Gasteiger partial charge in [0.15, 0.2) is 23.0 Å². The lowest BCUT2D eigenvalue weighted by Gasteiger charge is -2.60. The zero-order valence-corrected chi connectivity index (χ0v) is 26.8. The number of nitriles is 1. The number of pyridine rings is 1. The topological polar surface area (TPSA) is 133 Å². The lowest BCUT2D eigenvalue weighted by molar-refractivity contribution is -0.0729. The van der Waals surface area contributed by atoms with Gasteiger partial charge in [-0.2, -0.15) is 5.26 Å². The fraction of sp³-hybridized carbons (Fsp3) is 0.471. The lowest BCUT2D eigenvalue weighted by atomic mass is 9.71. The van der Waals surface area contributed by atoms with Crippen LogP contribution in [0.1, 0.15) is 51.2 Å². The second kappa shape index (κ2) is 11.9. The van der Waals surface area contributed by atoms with Crippen molar-refractivity contribution in [2.45, 2.75) is 63.4 Å². The number of hydrogen-bond donors (Lipinski definition) is 3. The third kappa shape index (κ3) is 4.54. The van der Waals surface area contributed by atoms with Crippen LogP contribution in [0, 0.1) is 25.2 Å². The first-order valence-corrected chi connectivity index (χ1v) is 15.2. The van der Waals surface area contributed by atoms with E-state index in [4.69, 9.17) is 18.9 Å². The molecule has 3 aliphatic rings. The summed E-state index contributed by atoms with van der Waals surface area (Å²) in [4.78, 5) is 8.91. The number of rotatable bonds is 8. The standard InChI is InChI=1S/C34H41N5O6/c1-17-31(42-4)20-13-23-28-27-21(32(43-5)18(2)34(45-7)30(27)41)12-22(38(28)3)24(14-35)39(23)25(26(20)29(40)33(17)44-6)16-36-15-19-10-8-9-11-37-19/h8-11,22-25,28,36,40-41H,12-13,15-16H2,1-7H3/t22-,23-,24?,25-,28-/m0/s1. The quantitative estimate of drug-likeness (QED) is 0.343. The first-order valence-electron chi connectivity index (χ1n) is 15.2.